The summed E-state index contributed by atoms with van der Waals surface area (Å²) in [6.45, 7) is 4.06. The second-order valence-electron chi connectivity index (χ2n) is 8.08. The number of hydrogen-bond acceptors (Lipinski definition) is 23. The third-order valence-corrected chi connectivity index (χ3v) is 19.3. The van der Waals surface area contributed by atoms with Gasteiger partial charge >= 0.3 is 0 Å². The van der Waals surface area contributed by atoms with Crippen LogP contribution in [0.25, 0.3) is 0 Å². The molecule has 32 heteroatoms. The van der Waals surface area contributed by atoms with Crippen molar-refractivity contribution < 1.29 is 14.2 Å². The fraction of sp³-hybridized carbons (Fsp3) is 0.400. The van der Waals surface area contributed by atoms with E-state index in [-0.39, 0.29) is 20.1 Å². The molecule has 57 heavy (non-hydrogen) atoms. The minimum atomic E-state index is -2.48. The van der Waals surface area contributed by atoms with Crippen LogP contribution >= 0.6 is 188 Å². The smallest absolute Gasteiger partial charge is 0.206 e. The molecular weight excluding hydrogens is 1380 g/mol. The summed E-state index contributed by atoms with van der Waals surface area (Å²) in [5, 5.41) is 19.2. The number of hydrogen-bond donors (Lipinski definition) is 1. The molecule has 0 radical (unpaired) electrons. The van der Waals surface area contributed by atoms with Gasteiger partial charge in [0.1, 0.15) is 22.2 Å². The summed E-state index contributed by atoms with van der Waals surface area (Å²) in [6.07, 6.45) is 8.46. The SMILES string of the molecule is Brc1csc(Br)n1.CCOP(C)(=O)Cc1csc(SC)n1.CSc1nc(Br)cs1.CSc1nc(CBr)cs1.CSc1nc(CO)cs1.S.S=S.S=S=S.S=S=S=S. The maximum Gasteiger partial charge on any atom is 0.206 e. The van der Waals surface area contributed by atoms with Crippen LogP contribution in [0.5, 0.6) is 0 Å². The molecule has 0 bridgehead atoms. The Bertz CT molecular complexity index is 1770. The first-order chi connectivity index (χ1) is 26.7. The van der Waals surface area contributed by atoms with Crippen LogP contribution in [0.3, 0.4) is 0 Å². The predicted molar refractivity (Wildman–Crippen MR) is 305 cm³/mol. The highest BCUT2D eigenvalue weighted by Gasteiger charge is 2.17. The molecule has 5 rings (SSSR count). The van der Waals surface area contributed by atoms with Gasteiger partial charge in [-0.15, -0.1) is 56.7 Å². The summed E-state index contributed by atoms with van der Waals surface area (Å²) in [4.78, 5) is 20.8. The summed E-state index contributed by atoms with van der Waals surface area (Å²) in [7, 11) is 0.783. The number of thioether (sulfide) groups is 4. The maximum absolute atomic E-state index is 11.8. The van der Waals surface area contributed by atoms with E-state index >= 15 is 0 Å². The number of aliphatic hydroxyl groups excluding tert-OH is 1. The zero-order valence-corrected chi connectivity index (χ0v) is 53.0. The minimum Gasteiger partial charge on any atom is -0.390 e. The monoisotopic (exact) mass is 1410 g/mol. The highest BCUT2D eigenvalue weighted by atomic mass is 79.9. The van der Waals surface area contributed by atoms with Crippen molar-refractivity contribution in [3.63, 3.8) is 0 Å². The van der Waals surface area contributed by atoms with E-state index in [2.05, 4.69) is 161 Å². The van der Waals surface area contributed by atoms with Gasteiger partial charge in [0.05, 0.1) is 36.5 Å². The van der Waals surface area contributed by atoms with Gasteiger partial charge in [0.15, 0.2) is 8.26 Å². The predicted octanol–water partition coefficient (Wildman–Crippen LogP) is 12.8. The van der Waals surface area contributed by atoms with E-state index in [1.54, 1.807) is 110 Å². The molecule has 0 aliphatic rings. The second-order valence-corrected chi connectivity index (χ2v) is 28.0. The van der Waals surface area contributed by atoms with Crippen LogP contribution < -0.4 is 0 Å². The molecule has 0 saturated heterocycles. The highest BCUT2D eigenvalue weighted by Crippen LogP contribution is 2.46. The van der Waals surface area contributed by atoms with Crippen LogP contribution in [0.2, 0.25) is 0 Å². The zero-order chi connectivity index (χ0) is 43.4. The van der Waals surface area contributed by atoms with Crippen molar-refractivity contribution in [1.29, 1.82) is 0 Å². The van der Waals surface area contributed by atoms with Crippen LogP contribution in [-0.4, -0.2) is 68.3 Å². The quantitative estimate of drug-likeness (QED) is 0.0812. The Balaban J connectivity index is -0.000000296. The molecular formula is C25H34Br4N5O3PS19. The van der Waals surface area contributed by atoms with E-state index in [0.717, 1.165) is 61.8 Å². The summed E-state index contributed by atoms with van der Waals surface area (Å²) in [5.41, 5.74) is 2.77. The Kier molecular flexibility index (Phi) is 55.1. The molecule has 1 atom stereocenters. The molecule has 0 aliphatic carbocycles. The molecule has 5 heterocycles. The second kappa shape index (κ2) is 46.5. The molecule has 0 spiro atoms. The van der Waals surface area contributed by atoms with Gasteiger partial charge in [-0.1, -0.05) is 63.0 Å². The Morgan fingerprint density at radius 2 is 1.05 bits per heavy atom. The minimum absolute atomic E-state index is 0. The number of thiazole rings is 5. The van der Waals surface area contributed by atoms with Crippen molar-refractivity contribution in [3.05, 3.63) is 57.1 Å². The van der Waals surface area contributed by atoms with Crippen LogP contribution in [0.1, 0.15) is 24.0 Å². The van der Waals surface area contributed by atoms with Gasteiger partial charge in [-0.3, -0.25) is 4.57 Å². The Morgan fingerprint density at radius 3 is 1.30 bits per heavy atom. The van der Waals surface area contributed by atoms with Crippen molar-refractivity contribution in [2.75, 3.05) is 38.3 Å². The lowest BCUT2D eigenvalue weighted by atomic mass is 10.5. The largest absolute Gasteiger partial charge is 0.390 e. The molecule has 5 aromatic rings. The summed E-state index contributed by atoms with van der Waals surface area (Å²) >= 11 is 51.9. The van der Waals surface area contributed by atoms with E-state index < -0.39 is 7.37 Å². The molecule has 0 aromatic carbocycles. The van der Waals surface area contributed by atoms with Crippen molar-refractivity contribution in [2.45, 2.75) is 42.4 Å². The third-order valence-electron chi connectivity index (χ3n) is 4.37. The third kappa shape index (κ3) is 40.0. The number of rotatable bonds is 10. The first-order valence-corrected chi connectivity index (χ1v) is 36.7. The van der Waals surface area contributed by atoms with Crippen molar-refractivity contribution in [1.82, 2.24) is 24.9 Å². The summed E-state index contributed by atoms with van der Waals surface area (Å²) in [6, 6.07) is 0. The molecule has 0 amide bonds. The fourth-order valence-corrected chi connectivity index (χ4v) is 11.9. The van der Waals surface area contributed by atoms with Crippen molar-refractivity contribution >= 4 is 282 Å². The molecule has 0 saturated carbocycles. The van der Waals surface area contributed by atoms with E-state index in [9.17, 15) is 4.57 Å². The number of alkyl halides is 1. The Labute approximate surface area is 451 Å². The van der Waals surface area contributed by atoms with Crippen molar-refractivity contribution in [3.8, 4) is 0 Å². The number of nitrogens with zero attached hydrogens (tertiary/aromatic N) is 5. The Morgan fingerprint density at radius 1 is 0.684 bits per heavy atom. The average Bonchev–Trinajstić information content (AvgIpc) is 4.06. The highest BCUT2D eigenvalue weighted by molar-refractivity contribution is 9.11. The van der Waals surface area contributed by atoms with Gasteiger partial charge in [0.25, 0.3) is 0 Å². The number of aliphatic hydroxyl groups is 1. The lowest BCUT2D eigenvalue weighted by Crippen LogP contribution is -1.92. The van der Waals surface area contributed by atoms with Crippen molar-refractivity contribution in [2.24, 2.45) is 0 Å². The molecule has 1 N–H and O–H groups in total. The molecule has 0 aliphatic heterocycles. The Hall–Kier alpha value is 3.95. The van der Waals surface area contributed by atoms with E-state index in [1.165, 1.54) is 17.8 Å². The van der Waals surface area contributed by atoms with Gasteiger partial charge in [-0.05, 0) is 79.7 Å². The molecule has 1 unspecified atom stereocenters. The summed E-state index contributed by atoms with van der Waals surface area (Å²) in [5.74, 6) is 0. The van der Waals surface area contributed by atoms with E-state index in [4.69, 9.17) is 9.63 Å². The molecule has 0 fully saturated rings. The van der Waals surface area contributed by atoms with Gasteiger partial charge < -0.3 is 9.63 Å². The maximum atomic E-state index is 11.8. The molecule has 5 aromatic heterocycles. The lowest BCUT2D eigenvalue weighted by Gasteiger charge is -2.10. The molecule has 324 valence electrons. The topological polar surface area (TPSA) is 111 Å². The van der Waals surface area contributed by atoms with E-state index in [1.807, 2.05) is 53.5 Å². The lowest BCUT2D eigenvalue weighted by molar-refractivity contribution is 0.277. The molecule has 8 nitrogen and oxygen atoms in total. The number of halogens is 4. The van der Waals surface area contributed by atoms with Gasteiger partial charge in [0.2, 0.25) is 7.37 Å². The van der Waals surface area contributed by atoms with Crippen LogP contribution in [-0.2, 0) is 121 Å². The standard InChI is InChI=1S/C8H14NO2PS2.C5H6BrNS2.C5H7NOS2.C4H4BrNS2.C3HBr2NS.S4.S3.S2.H2S/c1-4-11-12(2,10)5-7-6-14-8(9-7)13-3;1-8-5-7-4(2-6)3-9-5;1-8-5-6-4(2-7)3-9-5;1-7-4-6-3(5)2-8-4;4-2-1-7-3(5)6-2;1-3-4-2;1-3-2;1-2;/h6H,4-5H2,1-3H3;3H,2H2,1H3;3,7H,2H2,1H3;2H,1H3;1H;;;;1H2. The van der Waals surface area contributed by atoms with Gasteiger partial charge in [-0.25, -0.2) is 24.9 Å². The zero-order valence-electron chi connectivity index (χ0n) is 30.0. The van der Waals surface area contributed by atoms with Crippen LogP contribution in [0.4, 0.5) is 0 Å². The number of aromatic nitrogens is 5. The van der Waals surface area contributed by atoms with Crippen LogP contribution in [0.15, 0.2) is 57.4 Å². The van der Waals surface area contributed by atoms with E-state index in [0.29, 0.717) is 12.8 Å². The van der Waals surface area contributed by atoms with Gasteiger partial charge in [0, 0.05) is 133 Å². The summed E-state index contributed by atoms with van der Waals surface area (Å²) < 4.78 is 24.0. The average molecular weight is 1410 g/mol. The fourth-order valence-electron chi connectivity index (χ4n) is 2.53. The normalized spacial score (nSPS) is 10.1. The van der Waals surface area contributed by atoms with Crippen LogP contribution in [0, 0.1) is 0 Å². The first-order valence-electron chi connectivity index (χ1n) is 13.7. The van der Waals surface area contributed by atoms with Gasteiger partial charge in [-0.2, -0.15) is 13.5 Å². The first kappa shape index (κ1) is 67.5.